The van der Waals surface area contributed by atoms with E-state index in [0.29, 0.717) is 18.1 Å². The van der Waals surface area contributed by atoms with Crippen molar-refractivity contribution >= 4 is 11.6 Å². The van der Waals surface area contributed by atoms with Crippen LogP contribution in [0.25, 0.3) is 0 Å². The van der Waals surface area contributed by atoms with Crippen LogP contribution in [0.4, 0.5) is 0 Å². The lowest BCUT2D eigenvalue weighted by atomic mass is 10.1. The van der Waals surface area contributed by atoms with Gasteiger partial charge in [0, 0.05) is 5.02 Å². The lowest BCUT2D eigenvalue weighted by molar-refractivity contribution is 0.305. The van der Waals surface area contributed by atoms with Crippen molar-refractivity contribution in [2.45, 2.75) is 13.0 Å². The SMILES string of the molecule is N#CCc1ccccc1COc1ccc(Cl)cc1. The Morgan fingerprint density at radius 2 is 1.67 bits per heavy atom. The van der Waals surface area contributed by atoms with Gasteiger partial charge in [-0.2, -0.15) is 5.26 Å². The molecule has 0 saturated heterocycles. The molecule has 0 saturated carbocycles. The first-order valence-corrected chi connectivity index (χ1v) is 5.99. The first-order valence-electron chi connectivity index (χ1n) is 5.61. The van der Waals surface area contributed by atoms with Crippen molar-refractivity contribution in [2.75, 3.05) is 0 Å². The van der Waals surface area contributed by atoms with E-state index in [9.17, 15) is 0 Å². The second kappa shape index (κ2) is 6.09. The number of hydrogen-bond donors (Lipinski definition) is 0. The second-order valence-corrected chi connectivity index (χ2v) is 4.28. The highest BCUT2D eigenvalue weighted by Crippen LogP contribution is 2.18. The van der Waals surface area contributed by atoms with Gasteiger partial charge in [-0.05, 0) is 35.4 Å². The Labute approximate surface area is 111 Å². The second-order valence-electron chi connectivity index (χ2n) is 3.85. The topological polar surface area (TPSA) is 33.0 Å². The number of rotatable bonds is 4. The molecule has 0 fully saturated rings. The minimum Gasteiger partial charge on any atom is -0.489 e. The number of hydrogen-bond acceptors (Lipinski definition) is 2. The van der Waals surface area contributed by atoms with Crippen LogP contribution in [0.15, 0.2) is 48.5 Å². The Morgan fingerprint density at radius 3 is 2.33 bits per heavy atom. The summed E-state index contributed by atoms with van der Waals surface area (Å²) in [6, 6.07) is 17.2. The van der Waals surface area contributed by atoms with Gasteiger partial charge in [-0.15, -0.1) is 0 Å². The molecule has 90 valence electrons. The molecule has 2 aromatic rings. The zero-order chi connectivity index (χ0) is 12.8. The van der Waals surface area contributed by atoms with Crippen molar-refractivity contribution in [2.24, 2.45) is 0 Å². The lowest BCUT2D eigenvalue weighted by Crippen LogP contribution is -1.99. The summed E-state index contributed by atoms with van der Waals surface area (Å²) >= 11 is 5.80. The standard InChI is InChI=1S/C15H12ClNO/c16-14-5-7-15(8-6-14)18-11-13-4-2-1-3-12(13)9-10-17/h1-8H,9,11H2. The predicted molar refractivity (Wildman–Crippen MR) is 71.5 cm³/mol. The van der Waals surface area contributed by atoms with Crippen molar-refractivity contribution < 1.29 is 4.74 Å². The molecule has 2 aromatic carbocycles. The zero-order valence-corrected chi connectivity index (χ0v) is 10.5. The molecule has 0 aliphatic heterocycles. The summed E-state index contributed by atoms with van der Waals surface area (Å²) in [5.74, 6) is 0.770. The van der Waals surface area contributed by atoms with Gasteiger partial charge in [-0.3, -0.25) is 0 Å². The van der Waals surface area contributed by atoms with Crippen molar-refractivity contribution in [3.05, 3.63) is 64.7 Å². The maximum atomic E-state index is 8.75. The van der Waals surface area contributed by atoms with Crippen molar-refractivity contribution in [3.63, 3.8) is 0 Å². The van der Waals surface area contributed by atoms with Gasteiger partial charge in [0.15, 0.2) is 0 Å². The molecule has 0 N–H and O–H groups in total. The fourth-order valence-electron chi connectivity index (χ4n) is 1.65. The minimum atomic E-state index is 0.403. The number of halogens is 1. The summed E-state index contributed by atoms with van der Waals surface area (Å²) in [6.07, 6.45) is 0.403. The molecule has 2 nitrogen and oxygen atoms in total. The van der Waals surface area contributed by atoms with Gasteiger partial charge >= 0.3 is 0 Å². The molecule has 2 rings (SSSR count). The van der Waals surface area contributed by atoms with E-state index in [1.807, 2.05) is 36.4 Å². The van der Waals surface area contributed by atoms with Gasteiger partial charge in [0.25, 0.3) is 0 Å². The summed E-state index contributed by atoms with van der Waals surface area (Å²) in [7, 11) is 0. The van der Waals surface area contributed by atoms with Gasteiger partial charge in [-0.25, -0.2) is 0 Å². The fraction of sp³-hybridized carbons (Fsp3) is 0.133. The van der Waals surface area contributed by atoms with E-state index in [-0.39, 0.29) is 0 Å². The molecule has 0 amide bonds. The Bertz CT molecular complexity index is 557. The van der Waals surface area contributed by atoms with E-state index < -0.39 is 0 Å². The van der Waals surface area contributed by atoms with Gasteiger partial charge in [0.1, 0.15) is 12.4 Å². The molecule has 0 bridgehead atoms. The highest BCUT2D eigenvalue weighted by molar-refractivity contribution is 6.30. The summed E-state index contributed by atoms with van der Waals surface area (Å²) in [4.78, 5) is 0. The van der Waals surface area contributed by atoms with Gasteiger partial charge in [0.05, 0.1) is 12.5 Å². The summed E-state index contributed by atoms with van der Waals surface area (Å²) in [5, 5.41) is 9.44. The number of benzene rings is 2. The van der Waals surface area contributed by atoms with Crippen LogP contribution in [0.5, 0.6) is 5.75 Å². The molecule has 0 unspecified atom stereocenters. The van der Waals surface area contributed by atoms with Gasteiger partial charge in [0.2, 0.25) is 0 Å². The van der Waals surface area contributed by atoms with E-state index in [2.05, 4.69) is 6.07 Å². The molecule has 0 aliphatic carbocycles. The van der Waals surface area contributed by atoms with Crippen molar-refractivity contribution in [1.29, 1.82) is 5.26 Å². The maximum Gasteiger partial charge on any atom is 0.119 e. The van der Waals surface area contributed by atoms with E-state index in [1.54, 1.807) is 12.1 Å². The Balaban J connectivity index is 2.06. The van der Waals surface area contributed by atoms with Crippen LogP contribution in [0.1, 0.15) is 11.1 Å². The van der Waals surface area contributed by atoms with Crippen LogP contribution >= 0.6 is 11.6 Å². The third-order valence-electron chi connectivity index (χ3n) is 2.60. The molecule has 0 spiro atoms. The van der Waals surface area contributed by atoms with E-state index in [4.69, 9.17) is 21.6 Å². The van der Waals surface area contributed by atoms with Crippen LogP contribution in [-0.2, 0) is 13.0 Å². The first kappa shape index (κ1) is 12.5. The summed E-state index contributed by atoms with van der Waals surface area (Å²) < 4.78 is 5.67. The number of nitrogens with zero attached hydrogens (tertiary/aromatic N) is 1. The molecule has 0 heterocycles. The highest BCUT2D eigenvalue weighted by atomic mass is 35.5. The maximum absolute atomic E-state index is 8.75. The molecular weight excluding hydrogens is 246 g/mol. The Kier molecular flexibility index (Phi) is 4.22. The van der Waals surface area contributed by atoms with Crippen LogP contribution in [0.2, 0.25) is 5.02 Å². The van der Waals surface area contributed by atoms with E-state index in [1.165, 1.54) is 0 Å². The highest BCUT2D eigenvalue weighted by Gasteiger charge is 2.02. The molecule has 0 aliphatic rings. The zero-order valence-electron chi connectivity index (χ0n) is 9.77. The molecule has 0 aromatic heterocycles. The minimum absolute atomic E-state index is 0.403. The molecule has 0 atom stereocenters. The average molecular weight is 258 g/mol. The monoisotopic (exact) mass is 257 g/mol. The first-order chi connectivity index (χ1) is 8.79. The summed E-state index contributed by atoms with van der Waals surface area (Å²) in [6.45, 7) is 0.458. The third kappa shape index (κ3) is 3.26. The Hall–Kier alpha value is -1.98. The number of nitriles is 1. The Morgan fingerprint density at radius 1 is 1.00 bits per heavy atom. The van der Waals surface area contributed by atoms with Gasteiger partial charge in [-0.1, -0.05) is 35.9 Å². The largest absolute Gasteiger partial charge is 0.489 e. The van der Waals surface area contributed by atoms with Crippen LogP contribution in [-0.4, -0.2) is 0 Å². The van der Waals surface area contributed by atoms with Crippen LogP contribution < -0.4 is 4.74 Å². The quantitative estimate of drug-likeness (QED) is 0.830. The van der Waals surface area contributed by atoms with Crippen LogP contribution in [0, 0.1) is 11.3 Å². The summed E-state index contributed by atoms with van der Waals surface area (Å²) in [5.41, 5.74) is 2.04. The molecule has 18 heavy (non-hydrogen) atoms. The van der Waals surface area contributed by atoms with E-state index >= 15 is 0 Å². The molecule has 3 heteroatoms. The van der Waals surface area contributed by atoms with Gasteiger partial charge < -0.3 is 4.74 Å². The predicted octanol–water partition coefficient (Wildman–Crippen LogP) is 3.99. The third-order valence-corrected chi connectivity index (χ3v) is 2.85. The fourth-order valence-corrected chi connectivity index (χ4v) is 1.77. The average Bonchev–Trinajstić information content (AvgIpc) is 2.40. The normalized spacial score (nSPS) is 9.78. The van der Waals surface area contributed by atoms with Crippen LogP contribution in [0.3, 0.4) is 0 Å². The molecular formula is C15H12ClNO. The lowest BCUT2D eigenvalue weighted by Gasteiger charge is -2.09. The molecule has 0 radical (unpaired) electrons. The smallest absolute Gasteiger partial charge is 0.119 e. The van der Waals surface area contributed by atoms with Crippen molar-refractivity contribution in [1.82, 2.24) is 0 Å². The number of ether oxygens (including phenoxy) is 1. The van der Waals surface area contributed by atoms with Crippen molar-refractivity contribution in [3.8, 4) is 11.8 Å². The van der Waals surface area contributed by atoms with E-state index in [0.717, 1.165) is 16.9 Å².